The first-order chi connectivity index (χ1) is 7.24. The molecule has 15 heavy (non-hydrogen) atoms. The van der Waals surface area contributed by atoms with Crippen molar-refractivity contribution in [2.45, 2.75) is 13.5 Å². The van der Waals surface area contributed by atoms with Crippen LogP contribution in [0.5, 0.6) is 0 Å². The lowest BCUT2D eigenvalue weighted by molar-refractivity contribution is 0.640. The van der Waals surface area contributed by atoms with Gasteiger partial charge in [0.05, 0.1) is 5.69 Å². The summed E-state index contributed by atoms with van der Waals surface area (Å²) in [6.45, 7) is 2.49. The van der Waals surface area contributed by atoms with E-state index >= 15 is 0 Å². The van der Waals surface area contributed by atoms with Gasteiger partial charge in [0.1, 0.15) is 5.69 Å². The summed E-state index contributed by atoms with van der Waals surface area (Å²) in [6, 6.07) is 9.59. The van der Waals surface area contributed by atoms with Gasteiger partial charge in [-0.25, -0.2) is 0 Å². The van der Waals surface area contributed by atoms with Crippen molar-refractivity contribution in [3.8, 4) is 11.3 Å². The Bertz CT molecular complexity index is 510. The average molecular weight is 203 g/mol. The van der Waals surface area contributed by atoms with Crippen LogP contribution in [-0.4, -0.2) is 9.78 Å². The summed E-state index contributed by atoms with van der Waals surface area (Å²) in [4.78, 5) is 11.6. The largest absolute Gasteiger partial charge is 0.392 e. The van der Waals surface area contributed by atoms with Gasteiger partial charge in [-0.15, -0.1) is 0 Å². The van der Waals surface area contributed by atoms with E-state index in [0.717, 1.165) is 5.56 Å². The highest BCUT2D eigenvalue weighted by molar-refractivity contribution is 5.71. The molecule has 0 fully saturated rings. The number of aryl methyl sites for hydroxylation is 1. The zero-order valence-electron chi connectivity index (χ0n) is 8.53. The highest BCUT2D eigenvalue weighted by Crippen LogP contribution is 2.20. The van der Waals surface area contributed by atoms with E-state index in [2.05, 4.69) is 5.10 Å². The highest BCUT2D eigenvalue weighted by Gasteiger charge is 2.10. The average Bonchev–Trinajstić information content (AvgIpc) is 2.57. The van der Waals surface area contributed by atoms with Crippen molar-refractivity contribution in [1.82, 2.24) is 9.78 Å². The van der Waals surface area contributed by atoms with Gasteiger partial charge >= 0.3 is 0 Å². The molecule has 0 amide bonds. The number of hydrogen-bond acceptors (Lipinski definition) is 2. The maximum atomic E-state index is 11.6. The molecule has 0 saturated heterocycles. The van der Waals surface area contributed by atoms with Crippen molar-refractivity contribution in [3.05, 3.63) is 40.7 Å². The topological polar surface area (TPSA) is 63.8 Å². The second kappa shape index (κ2) is 3.65. The van der Waals surface area contributed by atoms with E-state index in [1.54, 1.807) is 0 Å². The van der Waals surface area contributed by atoms with Gasteiger partial charge < -0.3 is 5.73 Å². The fourth-order valence-electron chi connectivity index (χ4n) is 1.55. The lowest BCUT2D eigenvalue weighted by atomic mass is 10.1. The highest BCUT2D eigenvalue weighted by atomic mass is 16.1. The zero-order valence-corrected chi connectivity index (χ0v) is 8.53. The second-order valence-corrected chi connectivity index (χ2v) is 3.32. The maximum Gasteiger partial charge on any atom is 0.290 e. The van der Waals surface area contributed by atoms with E-state index < -0.39 is 0 Å². The summed E-state index contributed by atoms with van der Waals surface area (Å²) in [5.74, 6) is 0. The third-order valence-electron chi connectivity index (χ3n) is 2.37. The number of rotatable bonds is 2. The van der Waals surface area contributed by atoms with Crippen LogP contribution in [0.25, 0.3) is 11.3 Å². The van der Waals surface area contributed by atoms with E-state index in [4.69, 9.17) is 5.73 Å². The van der Waals surface area contributed by atoms with E-state index in [9.17, 15) is 4.79 Å². The molecule has 0 aliphatic heterocycles. The Morgan fingerprint density at radius 3 is 2.53 bits per heavy atom. The molecule has 4 nitrogen and oxygen atoms in total. The lowest BCUT2D eigenvalue weighted by Gasteiger charge is -1.98. The van der Waals surface area contributed by atoms with E-state index in [1.165, 1.54) is 4.68 Å². The van der Waals surface area contributed by atoms with Gasteiger partial charge in [0.15, 0.2) is 0 Å². The van der Waals surface area contributed by atoms with Crippen LogP contribution in [0, 0.1) is 0 Å². The Labute approximate surface area is 87.3 Å². The Kier molecular flexibility index (Phi) is 2.33. The molecular formula is C11H13N3O. The molecule has 0 aliphatic carbocycles. The standard InChI is InChI=1S/C11H13N3O/c1-2-14-11(15)9(12)10(13-14)8-6-4-3-5-7-8/h3-7,13H,2,12H2,1H3. The van der Waals surface area contributed by atoms with Gasteiger partial charge in [0.2, 0.25) is 0 Å². The third kappa shape index (κ3) is 1.54. The Morgan fingerprint density at radius 2 is 2.00 bits per heavy atom. The molecule has 0 radical (unpaired) electrons. The Morgan fingerprint density at radius 1 is 1.33 bits per heavy atom. The normalized spacial score (nSPS) is 10.5. The van der Waals surface area contributed by atoms with Crippen molar-refractivity contribution < 1.29 is 0 Å². The number of aromatic nitrogens is 2. The summed E-state index contributed by atoms with van der Waals surface area (Å²) in [7, 11) is 0. The smallest absolute Gasteiger partial charge is 0.290 e. The molecule has 4 heteroatoms. The monoisotopic (exact) mass is 203 g/mol. The molecule has 0 unspecified atom stereocenters. The minimum Gasteiger partial charge on any atom is -0.392 e. The summed E-state index contributed by atoms with van der Waals surface area (Å²) < 4.78 is 1.50. The second-order valence-electron chi connectivity index (χ2n) is 3.32. The third-order valence-corrected chi connectivity index (χ3v) is 2.37. The first kappa shape index (κ1) is 9.58. The molecule has 78 valence electrons. The molecule has 1 aromatic heterocycles. The van der Waals surface area contributed by atoms with Crippen LogP contribution in [0.4, 0.5) is 5.69 Å². The van der Waals surface area contributed by atoms with E-state index in [0.29, 0.717) is 12.2 Å². The number of nitrogens with two attached hydrogens (primary N) is 1. The summed E-state index contributed by atoms with van der Waals surface area (Å²) in [5, 5.41) is 2.99. The van der Waals surface area contributed by atoms with Gasteiger partial charge in [-0.2, -0.15) is 0 Å². The van der Waals surface area contributed by atoms with Crippen LogP contribution in [0.15, 0.2) is 35.1 Å². The molecule has 2 aromatic rings. The van der Waals surface area contributed by atoms with Crippen molar-refractivity contribution in [1.29, 1.82) is 0 Å². The summed E-state index contributed by atoms with van der Waals surface area (Å²) in [5.41, 5.74) is 7.50. The van der Waals surface area contributed by atoms with Crippen molar-refractivity contribution >= 4 is 5.69 Å². The molecule has 0 saturated carbocycles. The molecule has 0 aliphatic rings. The number of nitrogen functional groups attached to an aromatic ring is 1. The number of H-pyrrole nitrogens is 1. The first-order valence-electron chi connectivity index (χ1n) is 4.87. The van der Waals surface area contributed by atoms with Crippen LogP contribution in [0.3, 0.4) is 0 Å². The summed E-state index contributed by atoms with van der Waals surface area (Å²) in [6.07, 6.45) is 0. The van der Waals surface area contributed by atoms with Crippen molar-refractivity contribution in [2.75, 3.05) is 5.73 Å². The van der Waals surface area contributed by atoms with Crippen LogP contribution in [0.2, 0.25) is 0 Å². The lowest BCUT2D eigenvalue weighted by Crippen LogP contribution is -2.17. The Hall–Kier alpha value is -1.97. The van der Waals surface area contributed by atoms with Gasteiger partial charge in [-0.1, -0.05) is 30.3 Å². The molecule has 2 rings (SSSR count). The number of benzene rings is 1. The summed E-state index contributed by atoms with van der Waals surface area (Å²) >= 11 is 0. The minimum atomic E-state index is -0.156. The quantitative estimate of drug-likeness (QED) is 0.775. The predicted octanol–water partition coefficient (Wildman–Crippen LogP) is 1.45. The number of nitrogens with one attached hydrogen (secondary N) is 1. The van der Waals surface area contributed by atoms with Crippen LogP contribution in [0.1, 0.15) is 6.92 Å². The predicted molar refractivity (Wildman–Crippen MR) is 60.6 cm³/mol. The minimum absolute atomic E-state index is 0.156. The van der Waals surface area contributed by atoms with Crippen LogP contribution >= 0.6 is 0 Å². The molecule has 1 heterocycles. The first-order valence-corrected chi connectivity index (χ1v) is 4.87. The van der Waals surface area contributed by atoms with Crippen molar-refractivity contribution in [2.24, 2.45) is 0 Å². The van der Waals surface area contributed by atoms with E-state index in [-0.39, 0.29) is 11.2 Å². The van der Waals surface area contributed by atoms with Crippen molar-refractivity contribution in [3.63, 3.8) is 0 Å². The van der Waals surface area contributed by atoms with E-state index in [1.807, 2.05) is 37.3 Å². The van der Waals surface area contributed by atoms with Gasteiger partial charge in [-0.3, -0.25) is 14.6 Å². The Balaban J connectivity index is 2.60. The van der Waals surface area contributed by atoms with Gasteiger partial charge in [-0.05, 0) is 6.92 Å². The number of anilines is 1. The fourth-order valence-corrected chi connectivity index (χ4v) is 1.55. The fraction of sp³-hybridized carbons (Fsp3) is 0.182. The number of nitrogens with zero attached hydrogens (tertiary/aromatic N) is 1. The van der Waals surface area contributed by atoms with Crippen LogP contribution in [-0.2, 0) is 6.54 Å². The molecule has 1 aromatic carbocycles. The maximum absolute atomic E-state index is 11.6. The van der Waals surface area contributed by atoms with Gasteiger partial charge in [0, 0.05) is 12.1 Å². The number of hydrogen-bond donors (Lipinski definition) is 2. The van der Waals surface area contributed by atoms with Gasteiger partial charge in [0.25, 0.3) is 5.56 Å². The zero-order chi connectivity index (χ0) is 10.8. The van der Waals surface area contributed by atoms with Crippen LogP contribution < -0.4 is 11.3 Å². The number of aromatic amines is 1. The molecule has 0 bridgehead atoms. The molecule has 3 N–H and O–H groups in total. The molecule has 0 atom stereocenters. The molecule has 0 spiro atoms. The SMILES string of the molecule is CCn1[nH]c(-c2ccccc2)c(N)c1=O. The molecular weight excluding hydrogens is 190 g/mol.